The second-order valence-corrected chi connectivity index (χ2v) is 8.14. The molecule has 9 heteroatoms. The number of hydrogen-bond donors (Lipinski definition) is 1. The molecule has 0 amide bonds. The molecule has 164 valence electrons. The topological polar surface area (TPSA) is 72.3 Å². The second-order valence-electron chi connectivity index (χ2n) is 8.14. The first-order valence-corrected chi connectivity index (χ1v) is 10.4. The first-order chi connectivity index (χ1) is 15.4. The number of hydrogen-bond acceptors (Lipinski definition) is 4. The van der Waals surface area contributed by atoms with Crippen LogP contribution in [-0.2, 0) is 19.1 Å². The Morgan fingerprint density at radius 3 is 2.84 bits per heavy atom. The predicted molar refractivity (Wildman–Crippen MR) is 113 cm³/mol. The van der Waals surface area contributed by atoms with E-state index in [9.17, 15) is 13.2 Å². The lowest BCUT2D eigenvalue weighted by atomic mass is 9.81. The predicted octanol–water partition coefficient (Wildman–Crippen LogP) is 5.18. The number of H-pyrrole nitrogens is 1. The lowest BCUT2D eigenvalue weighted by molar-refractivity contribution is -0.140. The minimum atomic E-state index is -4.60. The zero-order valence-electron chi connectivity index (χ0n) is 17.4. The minimum Gasteiger partial charge on any atom is -0.336 e. The molecule has 0 aliphatic heterocycles. The summed E-state index contributed by atoms with van der Waals surface area (Å²) in [4.78, 5) is 8.76. The van der Waals surface area contributed by atoms with Gasteiger partial charge in [-0.3, -0.25) is 4.98 Å². The van der Waals surface area contributed by atoms with E-state index in [0.29, 0.717) is 17.3 Å². The van der Waals surface area contributed by atoms with Crippen LogP contribution in [0.4, 0.5) is 13.2 Å². The number of benzene rings is 1. The molecule has 3 aromatic heterocycles. The smallest absolute Gasteiger partial charge is 0.336 e. The number of nitrogens with zero attached hydrogens (tertiary/aromatic N) is 5. The number of rotatable bonds is 4. The molecule has 1 aromatic carbocycles. The van der Waals surface area contributed by atoms with Crippen LogP contribution in [0.1, 0.15) is 41.1 Å². The van der Waals surface area contributed by atoms with Gasteiger partial charge in [0.2, 0.25) is 0 Å². The number of alkyl halides is 3. The zero-order chi connectivity index (χ0) is 22.3. The molecule has 4 aromatic rings. The van der Waals surface area contributed by atoms with Gasteiger partial charge in [0.05, 0.1) is 12.0 Å². The van der Waals surface area contributed by atoms with Gasteiger partial charge in [-0.25, -0.2) is 4.98 Å². The van der Waals surface area contributed by atoms with E-state index in [4.69, 9.17) is 0 Å². The lowest BCUT2D eigenvalue weighted by Crippen LogP contribution is -2.15. The molecule has 1 atom stereocenters. The first-order valence-electron chi connectivity index (χ1n) is 10.4. The Labute approximate surface area is 182 Å². The highest BCUT2D eigenvalue weighted by atomic mass is 19.4. The maximum absolute atomic E-state index is 13.2. The average molecular weight is 438 g/mol. The lowest BCUT2D eigenvalue weighted by Gasteiger charge is -2.27. The van der Waals surface area contributed by atoms with E-state index in [1.54, 1.807) is 12.4 Å². The molecular formula is C23H21F3N6. The van der Waals surface area contributed by atoms with Gasteiger partial charge in [0.15, 0.2) is 5.69 Å². The number of aryl methyl sites for hydroxylation is 1. The Kier molecular flexibility index (Phi) is 5.03. The van der Waals surface area contributed by atoms with Crippen molar-refractivity contribution >= 4 is 0 Å². The van der Waals surface area contributed by atoms with Crippen molar-refractivity contribution in [3.8, 4) is 22.6 Å². The molecule has 0 spiro atoms. The van der Waals surface area contributed by atoms with Crippen LogP contribution < -0.4 is 0 Å². The standard InChI is InChI=1S/C23H21F3N6/c1-14-4-2-7-18-16(5-3-6-17(14)18)11-32-12-20(28-13-32)19-10-15(8-9-27-19)21-22(23(24,25)26)30-31-29-21/h2,4,7-10,12-13,16H,3,5-6,11H2,1H3,(H,29,30,31)/t16-/m1/s1. The third-order valence-corrected chi connectivity index (χ3v) is 6.04. The fraction of sp³-hybridized carbons (Fsp3) is 0.304. The summed E-state index contributed by atoms with van der Waals surface area (Å²) in [6, 6.07) is 9.52. The van der Waals surface area contributed by atoms with Gasteiger partial charge in [0.25, 0.3) is 0 Å². The number of aromatic amines is 1. The third-order valence-electron chi connectivity index (χ3n) is 6.04. The van der Waals surface area contributed by atoms with Gasteiger partial charge in [-0.1, -0.05) is 18.2 Å². The van der Waals surface area contributed by atoms with E-state index < -0.39 is 11.9 Å². The summed E-state index contributed by atoms with van der Waals surface area (Å²) in [6.07, 6.45) is 3.90. The van der Waals surface area contributed by atoms with Crippen LogP contribution in [0.5, 0.6) is 0 Å². The normalized spacial score (nSPS) is 16.2. The Morgan fingerprint density at radius 2 is 2.00 bits per heavy atom. The zero-order valence-corrected chi connectivity index (χ0v) is 17.4. The molecule has 0 saturated carbocycles. The van der Waals surface area contributed by atoms with Crippen molar-refractivity contribution in [3.05, 3.63) is 71.4 Å². The highest BCUT2D eigenvalue weighted by molar-refractivity contribution is 5.67. The SMILES string of the molecule is Cc1cccc2c1CCC[C@@H]2Cn1cnc(-c2cc(-c3n[nH]nc3C(F)(F)F)ccn2)c1. The summed E-state index contributed by atoms with van der Waals surface area (Å²) in [7, 11) is 0. The molecule has 0 fully saturated rings. The molecule has 0 radical (unpaired) electrons. The quantitative estimate of drug-likeness (QED) is 0.477. The Balaban J connectivity index is 1.41. The molecule has 5 rings (SSSR count). The van der Waals surface area contributed by atoms with Crippen LogP contribution >= 0.6 is 0 Å². The van der Waals surface area contributed by atoms with Gasteiger partial charge in [-0.05, 0) is 55.0 Å². The summed E-state index contributed by atoms with van der Waals surface area (Å²) in [5, 5.41) is 9.01. The van der Waals surface area contributed by atoms with Gasteiger partial charge in [-0.2, -0.15) is 28.6 Å². The third kappa shape index (κ3) is 3.79. The van der Waals surface area contributed by atoms with Crippen molar-refractivity contribution in [2.75, 3.05) is 0 Å². The van der Waals surface area contributed by atoms with E-state index in [-0.39, 0.29) is 11.3 Å². The van der Waals surface area contributed by atoms with Crippen LogP contribution in [-0.4, -0.2) is 29.9 Å². The van der Waals surface area contributed by atoms with Crippen molar-refractivity contribution in [3.63, 3.8) is 0 Å². The number of aromatic nitrogens is 6. The van der Waals surface area contributed by atoms with Gasteiger partial charge in [0.1, 0.15) is 11.4 Å². The van der Waals surface area contributed by atoms with E-state index in [1.165, 1.54) is 29.0 Å². The summed E-state index contributed by atoms with van der Waals surface area (Å²) < 4.78 is 41.6. The van der Waals surface area contributed by atoms with Crippen LogP contribution in [0, 0.1) is 6.92 Å². The summed E-state index contributed by atoms with van der Waals surface area (Å²) >= 11 is 0. The largest absolute Gasteiger partial charge is 0.437 e. The van der Waals surface area contributed by atoms with Crippen molar-refractivity contribution in [2.45, 2.75) is 44.8 Å². The highest BCUT2D eigenvalue weighted by Gasteiger charge is 2.38. The Hall–Kier alpha value is -3.49. The van der Waals surface area contributed by atoms with Crippen molar-refractivity contribution in [2.24, 2.45) is 0 Å². The maximum atomic E-state index is 13.2. The fourth-order valence-corrected chi connectivity index (χ4v) is 4.51. The molecule has 0 saturated heterocycles. The number of fused-ring (bicyclic) bond motifs is 1. The molecule has 6 nitrogen and oxygen atoms in total. The van der Waals surface area contributed by atoms with Gasteiger partial charge in [-0.15, -0.1) is 0 Å². The second kappa shape index (κ2) is 7.89. The molecule has 0 unspecified atom stereocenters. The van der Waals surface area contributed by atoms with Crippen LogP contribution in [0.2, 0.25) is 0 Å². The molecule has 0 bridgehead atoms. The molecule has 1 aliphatic carbocycles. The molecule has 32 heavy (non-hydrogen) atoms. The highest BCUT2D eigenvalue weighted by Crippen LogP contribution is 2.36. The van der Waals surface area contributed by atoms with Gasteiger partial charge < -0.3 is 4.57 Å². The molecular weight excluding hydrogens is 417 g/mol. The van der Waals surface area contributed by atoms with Crippen LogP contribution in [0.3, 0.4) is 0 Å². The Bertz CT molecular complexity index is 1260. The van der Waals surface area contributed by atoms with Crippen molar-refractivity contribution in [1.82, 2.24) is 29.9 Å². The number of pyridine rings is 1. The summed E-state index contributed by atoms with van der Waals surface area (Å²) in [6.45, 7) is 2.96. The number of nitrogens with one attached hydrogen (secondary N) is 1. The summed E-state index contributed by atoms with van der Waals surface area (Å²) in [5.41, 5.74) is 4.25. The first kappa shape index (κ1) is 20.4. The van der Waals surface area contributed by atoms with Crippen LogP contribution in [0.15, 0.2) is 49.1 Å². The minimum absolute atomic E-state index is 0.255. The van der Waals surface area contributed by atoms with E-state index in [1.807, 2.05) is 10.8 Å². The number of imidazole rings is 1. The number of halogens is 3. The van der Waals surface area contributed by atoms with Crippen molar-refractivity contribution in [1.29, 1.82) is 0 Å². The maximum Gasteiger partial charge on any atom is 0.437 e. The molecule has 1 aliphatic rings. The molecule has 3 heterocycles. The van der Waals surface area contributed by atoms with Gasteiger partial charge in [0, 0.05) is 30.4 Å². The summed E-state index contributed by atoms with van der Waals surface area (Å²) in [5.74, 6) is 0.407. The van der Waals surface area contributed by atoms with E-state index in [2.05, 4.69) is 50.5 Å². The average Bonchev–Trinajstić information content (AvgIpc) is 3.44. The Morgan fingerprint density at radius 1 is 1.12 bits per heavy atom. The fourth-order valence-electron chi connectivity index (χ4n) is 4.51. The van der Waals surface area contributed by atoms with Crippen LogP contribution in [0.25, 0.3) is 22.6 Å². The molecule has 1 N–H and O–H groups in total. The van der Waals surface area contributed by atoms with E-state index >= 15 is 0 Å². The monoisotopic (exact) mass is 438 g/mol. The van der Waals surface area contributed by atoms with E-state index in [0.717, 1.165) is 25.8 Å². The van der Waals surface area contributed by atoms with Gasteiger partial charge >= 0.3 is 6.18 Å². The van der Waals surface area contributed by atoms with Crippen molar-refractivity contribution < 1.29 is 13.2 Å².